The molecule has 5 nitrogen and oxygen atoms in total. The zero-order valence-corrected chi connectivity index (χ0v) is 23.8. The third kappa shape index (κ3) is 5.99. The molecule has 0 unspecified atom stereocenters. The number of hydrogen-bond acceptors (Lipinski definition) is 2. The number of aromatic carboxylic acids is 1. The Morgan fingerprint density at radius 1 is 0.750 bits per heavy atom. The van der Waals surface area contributed by atoms with Gasteiger partial charge in [-0.05, 0) is 82.8 Å². The average Bonchev–Trinajstić information content (AvgIpc) is 3.43. The maximum Gasteiger partial charge on any atom is 0.335 e. The maximum atomic E-state index is 14.1. The molecule has 7 heteroatoms. The Bertz CT molecular complexity index is 1960. The number of carboxylic acids is 1. The molecule has 0 spiro atoms. The zero-order valence-electron chi connectivity index (χ0n) is 23.8. The van der Waals surface area contributed by atoms with Crippen LogP contribution < -0.4 is 5.32 Å². The first-order valence-electron chi connectivity index (χ1n) is 14.1. The van der Waals surface area contributed by atoms with Gasteiger partial charge in [0, 0.05) is 24.2 Å². The molecule has 0 aliphatic rings. The van der Waals surface area contributed by atoms with Crippen molar-refractivity contribution in [1.82, 2.24) is 9.88 Å². The highest BCUT2D eigenvalue weighted by molar-refractivity contribution is 6.08. The van der Waals surface area contributed by atoms with Crippen molar-refractivity contribution in [3.05, 3.63) is 155 Å². The van der Waals surface area contributed by atoms with Gasteiger partial charge >= 0.3 is 5.97 Å². The number of halogens is 2. The maximum absolute atomic E-state index is 14.1. The van der Waals surface area contributed by atoms with Crippen LogP contribution in [0.5, 0.6) is 0 Å². The molecule has 44 heavy (non-hydrogen) atoms. The summed E-state index contributed by atoms with van der Waals surface area (Å²) < 4.78 is 30.3. The fourth-order valence-electron chi connectivity index (χ4n) is 5.44. The Morgan fingerprint density at radius 2 is 1.39 bits per heavy atom. The molecule has 1 aromatic heterocycles. The molecule has 5 aromatic carbocycles. The number of benzene rings is 5. The second-order valence-corrected chi connectivity index (χ2v) is 10.7. The van der Waals surface area contributed by atoms with Gasteiger partial charge in [0.25, 0.3) is 5.91 Å². The minimum Gasteiger partial charge on any atom is -0.478 e. The lowest BCUT2D eigenvalue weighted by Gasteiger charge is -2.17. The number of carbonyl (C=O) groups is 2. The second kappa shape index (κ2) is 12.0. The van der Waals surface area contributed by atoms with Crippen LogP contribution in [0, 0.1) is 11.6 Å². The molecule has 0 fully saturated rings. The molecule has 218 valence electrons. The third-order valence-electron chi connectivity index (χ3n) is 7.72. The molecule has 0 aliphatic carbocycles. The number of carbonyl (C=O) groups excluding carboxylic acids is 1. The molecule has 6 aromatic rings. The molecule has 0 aliphatic heterocycles. The van der Waals surface area contributed by atoms with Crippen molar-refractivity contribution < 1.29 is 23.5 Å². The Hall–Kier alpha value is -5.56. The van der Waals surface area contributed by atoms with Gasteiger partial charge in [-0.15, -0.1) is 0 Å². The van der Waals surface area contributed by atoms with Crippen molar-refractivity contribution in [3.63, 3.8) is 0 Å². The van der Waals surface area contributed by atoms with Crippen LogP contribution in [-0.2, 0) is 6.54 Å². The summed E-state index contributed by atoms with van der Waals surface area (Å²) in [6, 6.07) is 32.9. The first-order valence-corrected chi connectivity index (χ1v) is 14.1. The van der Waals surface area contributed by atoms with Crippen molar-refractivity contribution >= 4 is 22.8 Å². The SMILES string of the molecule is C[C@H](NC(=O)c1cc(-c2cc(F)cc(F)c2)cc2ccn(Cc3ccc(-c4ccccc4)cc3)c12)c1ccc(C(=O)O)cc1. The van der Waals surface area contributed by atoms with E-state index >= 15 is 0 Å². The molecule has 0 saturated carbocycles. The standard InChI is InChI=1S/C37H28F2N2O3/c1-23(25-11-13-28(14-12-25)37(43)44)40-36(42)34-20-30(31-18-32(38)21-33(39)19-31)17-29-15-16-41(35(29)34)22-24-7-9-27(10-8-24)26-5-3-2-4-6-26/h2-21,23H,22H2,1H3,(H,40,42)(H,43,44)/t23-/m0/s1. The van der Waals surface area contributed by atoms with Gasteiger partial charge in [-0.25, -0.2) is 13.6 Å². The molecule has 0 radical (unpaired) electrons. The third-order valence-corrected chi connectivity index (χ3v) is 7.72. The summed E-state index contributed by atoms with van der Waals surface area (Å²) in [7, 11) is 0. The number of carboxylic acid groups (broad SMARTS) is 1. The van der Waals surface area contributed by atoms with Crippen LogP contribution in [0.25, 0.3) is 33.2 Å². The van der Waals surface area contributed by atoms with Crippen LogP contribution in [0.1, 0.15) is 44.8 Å². The van der Waals surface area contributed by atoms with Crippen molar-refractivity contribution in [2.45, 2.75) is 19.5 Å². The van der Waals surface area contributed by atoms with Gasteiger partial charge in [0.05, 0.1) is 22.7 Å². The van der Waals surface area contributed by atoms with Gasteiger partial charge in [0.2, 0.25) is 0 Å². The summed E-state index contributed by atoms with van der Waals surface area (Å²) in [5.74, 6) is -2.82. The van der Waals surface area contributed by atoms with Gasteiger partial charge in [-0.3, -0.25) is 4.79 Å². The molecule has 1 atom stereocenters. The van der Waals surface area contributed by atoms with Crippen molar-refractivity contribution in [3.8, 4) is 22.3 Å². The van der Waals surface area contributed by atoms with Crippen LogP contribution in [0.4, 0.5) is 8.78 Å². The molecular formula is C37H28F2N2O3. The zero-order chi connectivity index (χ0) is 30.8. The Labute approximate surface area is 253 Å². The van der Waals surface area contributed by atoms with E-state index in [9.17, 15) is 23.5 Å². The molecule has 0 saturated heterocycles. The predicted molar refractivity (Wildman–Crippen MR) is 168 cm³/mol. The number of amides is 1. The van der Waals surface area contributed by atoms with E-state index in [0.29, 0.717) is 28.8 Å². The van der Waals surface area contributed by atoms with E-state index in [0.717, 1.165) is 33.7 Å². The number of hydrogen-bond donors (Lipinski definition) is 2. The molecule has 1 heterocycles. The average molecular weight is 587 g/mol. The highest BCUT2D eigenvalue weighted by Gasteiger charge is 2.20. The molecule has 1 amide bonds. The fraction of sp³-hybridized carbons (Fsp3) is 0.0811. The van der Waals surface area contributed by atoms with Crippen molar-refractivity contribution in [2.24, 2.45) is 0 Å². The van der Waals surface area contributed by atoms with E-state index in [4.69, 9.17) is 0 Å². The van der Waals surface area contributed by atoms with Gasteiger partial charge in [-0.1, -0.05) is 66.7 Å². The first kappa shape index (κ1) is 28.6. The van der Waals surface area contributed by atoms with E-state index in [1.54, 1.807) is 18.2 Å². The van der Waals surface area contributed by atoms with Crippen LogP contribution in [-0.4, -0.2) is 21.6 Å². The summed E-state index contributed by atoms with van der Waals surface area (Å²) in [6.45, 7) is 2.31. The Balaban J connectivity index is 1.37. The smallest absolute Gasteiger partial charge is 0.335 e. The van der Waals surface area contributed by atoms with Gasteiger partial charge < -0.3 is 15.0 Å². The Kier molecular flexibility index (Phi) is 7.77. The monoisotopic (exact) mass is 586 g/mol. The minimum absolute atomic E-state index is 0.152. The first-order chi connectivity index (χ1) is 21.2. The van der Waals surface area contributed by atoms with E-state index in [1.165, 1.54) is 24.3 Å². The lowest BCUT2D eigenvalue weighted by Crippen LogP contribution is -2.27. The predicted octanol–water partition coefficient (Wildman–Crippen LogP) is 8.49. The van der Waals surface area contributed by atoms with Crippen LogP contribution in [0.15, 0.2) is 121 Å². The topological polar surface area (TPSA) is 71.3 Å². The fourth-order valence-corrected chi connectivity index (χ4v) is 5.44. The molecule has 6 rings (SSSR count). The second-order valence-electron chi connectivity index (χ2n) is 10.7. The van der Waals surface area contributed by atoms with Gasteiger partial charge in [-0.2, -0.15) is 0 Å². The molecule has 0 bridgehead atoms. The summed E-state index contributed by atoms with van der Waals surface area (Å²) in [5.41, 5.74) is 6.00. The highest BCUT2D eigenvalue weighted by Crippen LogP contribution is 2.31. The largest absolute Gasteiger partial charge is 0.478 e. The summed E-state index contributed by atoms with van der Waals surface area (Å²) in [6.07, 6.45) is 1.90. The number of rotatable bonds is 8. The van der Waals surface area contributed by atoms with Crippen molar-refractivity contribution in [1.29, 1.82) is 0 Å². The van der Waals surface area contributed by atoms with E-state index in [-0.39, 0.29) is 11.5 Å². The normalized spacial score (nSPS) is 11.8. The van der Waals surface area contributed by atoms with Crippen LogP contribution in [0.2, 0.25) is 0 Å². The van der Waals surface area contributed by atoms with E-state index in [2.05, 4.69) is 41.7 Å². The number of aromatic nitrogens is 1. The lowest BCUT2D eigenvalue weighted by molar-refractivity contribution is 0.0696. The quantitative estimate of drug-likeness (QED) is 0.188. The minimum atomic E-state index is -1.03. The van der Waals surface area contributed by atoms with Crippen molar-refractivity contribution in [2.75, 3.05) is 0 Å². The van der Waals surface area contributed by atoms with Crippen LogP contribution >= 0.6 is 0 Å². The number of fused-ring (bicyclic) bond motifs is 1. The van der Waals surface area contributed by atoms with E-state index in [1.807, 2.05) is 48.0 Å². The highest BCUT2D eigenvalue weighted by atomic mass is 19.1. The number of nitrogens with zero attached hydrogens (tertiary/aromatic N) is 1. The Morgan fingerprint density at radius 3 is 2.05 bits per heavy atom. The van der Waals surface area contributed by atoms with Gasteiger partial charge in [0.1, 0.15) is 11.6 Å². The summed E-state index contributed by atoms with van der Waals surface area (Å²) >= 11 is 0. The molecular weight excluding hydrogens is 558 g/mol. The van der Waals surface area contributed by atoms with E-state index < -0.39 is 23.6 Å². The lowest BCUT2D eigenvalue weighted by atomic mass is 9.99. The summed E-state index contributed by atoms with van der Waals surface area (Å²) in [5, 5.41) is 13.0. The molecule has 2 N–H and O–H groups in total. The van der Waals surface area contributed by atoms with Crippen LogP contribution in [0.3, 0.4) is 0 Å². The number of nitrogens with one attached hydrogen (secondary N) is 1. The summed E-state index contributed by atoms with van der Waals surface area (Å²) in [4.78, 5) is 25.1. The van der Waals surface area contributed by atoms with Gasteiger partial charge in [0.15, 0.2) is 0 Å².